The van der Waals surface area contributed by atoms with Crippen LogP contribution in [0, 0.1) is 0 Å². The molecule has 1 heterocycles. The van der Waals surface area contributed by atoms with Crippen molar-refractivity contribution >= 4 is 54.3 Å². The third-order valence-electron chi connectivity index (χ3n) is 6.95. The van der Waals surface area contributed by atoms with Crippen molar-refractivity contribution in [1.29, 1.82) is 0 Å². The smallest absolute Gasteiger partial charge is 0.135 e. The maximum atomic E-state index is 10.00. The van der Waals surface area contributed by atoms with Gasteiger partial charge in [0.25, 0.3) is 0 Å². The summed E-state index contributed by atoms with van der Waals surface area (Å²) in [5, 5.41) is -5.36. The van der Waals surface area contributed by atoms with Crippen molar-refractivity contribution in [3.8, 4) is 33.4 Å². The summed E-state index contributed by atoms with van der Waals surface area (Å²) in [4.78, 5) is 0. The molecule has 0 aliphatic rings. The molecule has 9 aromatic rings. The largest absolute Gasteiger partial charge is 0.456 e. The summed E-state index contributed by atoms with van der Waals surface area (Å²) in [6, 6.07) is -24.1. The van der Waals surface area contributed by atoms with Gasteiger partial charge in [0.05, 0.1) is 35.6 Å². The summed E-state index contributed by atoms with van der Waals surface area (Å²) in [7, 11) is 0. The lowest BCUT2D eigenvalue weighted by Gasteiger charge is -2.19. The predicted molar refractivity (Wildman–Crippen MR) is 183 cm³/mol. The zero-order valence-electron chi connectivity index (χ0n) is 47.4. The first-order valence-corrected chi connectivity index (χ1v) is 12.7. The average Bonchev–Trinajstić information content (AvgIpc) is 3.73. The van der Waals surface area contributed by atoms with E-state index in [9.17, 15) is 12.3 Å². The number of hydrogen-bond donors (Lipinski definition) is 0. The molecular formula is C42H26O. The second-order valence-corrected chi connectivity index (χ2v) is 9.26. The molecule has 0 saturated carbocycles. The lowest BCUT2D eigenvalue weighted by atomic mass is 9.83. The fourth-order valence-electron chi connectivity index (χ4n) is 5.15. The number of rotatable bonds is 3. The first kappa shape index (κ1) is 9.69. The number of hydrogen-bond acceptors (Lipinski definition) is 1. The van der Waals surface area contributed by atoms with Gasteiger partial charge in [0.2, 0.25) is 0 Å². The van der Waals surface area contributed by atoms with Gasteiger partial charge in [-0.1, -0.05) is 133 Å². The minimum absolute atomic E-state index is 0.457. The fourth-order valence-corrected chi connectivity index (χ4v) is 5.15. The van der Waals surface area contributed by atoms with Crippen LogP contribution in [0.2, 0.25) is 0 Å². The molecule has 43 heavy (non-hydrogen) atoms. The Balaban J connectivity index is 1.72. The average molecular weight is 573 g/mol. The molecule has 9 rings (SSSR count). The van der Waals surface area contributed by atoms with Gasteiger partial charge in [-0.2, -0.15) is 0 Å². The van der Waals surface area contributed by atoms with E-state index in [1.165, 1.54) is 0 Å². The third-order valence-corrected chi connectivity index (χ3v) is 6.95. The minimum atomic E-state index is -1.07. The van der Waals surface area contributed by atoms with E-state index in [1.54, 1.807) is 0 Å². The van der Waals surface area contributed by atoms with Crippen LogP contribution in [0.1, 0.15) is 35.6 Å². The van der Waals surface area contributed by atoms with Gasteiger partial charge in [-0.3, -0.25) is 0 Å². The van der Waals surface area contributed by atoms with E-state index >= 15 is 0 Å². The second kappa shape index (κ2) is 9.44. The predicted octanol–water partition coefficient (Wildman–Crippen LogP) is 12.0. The first-order chi connectivity index (χ1) is 32.2. The van der Waals surface area contributed by atoms with Crippen LogP contribution in [0.5, 0.6) is 0 Å². The van der Waals surface area contributed by atoms with Crippen molar-refractivity contribution in [2.75, 3.05) is 0 Å². The van der Waals surface area contributed by atoms with E-state index in [0.29, 0.717) is 0 Å². The molecular weight excluding hydrogens is 520 g/mol. The SMILES string of the molecule is [2H]c1c([2H])c([2H])c(-c2c([2H])c([2H])c3c(-c4c([2H])c([2H])c([2H])c5c([2H])c([2H])c([2H])c([2H])c45)c4c([2H])c([2H])c([2H])c([2H])c4c(-c4c([2H])c([2H])c5oc6c([2H])c([2H])c([2H])c([2H])c6c5c4[2H])c3c2[2H])c([2H])c1[2H]. The Morgan fingerprint density at radius 1 is 0.349 bits per heavy atom. The van der Waals surface area contributed by atoms with E-state index in [2.05, 4.69) is 0 Å². The molecule has 0 aliphatic carbocycles. The Labute approximate surface area is 285 Å². The van der Waals surface area contributed by atoms with Crippen molar-refractivity contribution in [2.24, 2.45) is 0 Å². The van der Waals surface area contributed by atoms with Gasteiger partial charge >= 0.3 is 0 Å². The normalized spacial score (nSPS) is 20.2. The van der Waals surface area contributed by atoms with Gasteiger partial charge < -0.3 is 4.42 Å². The monoisotopic (exact) mass is 572 g/mol. The van der Waals surface area contributed by atoms with E-state index < -0.39 is 245 Å². The molecule has 0 aliphatic heterocycles. The van der Waals surface area contributed by atoms with Crippen molar-refractivity contribution in [3.05, 3.63) is 157 Å². The van der Waals surface area contributed by atoms with Crippen molar-refractivity contribution in [1.82, 2.24) is 0 Å². The van der Waals surface area contributed by atoms with Gasteiger partial charge in [0.15, 0.2) is 0 Å². The molecule has 0 radical (unpaired) electrons. The molecule has 0 fully saturated rings. The molecule has 200 valence electrons. The Morgan fingerprint density at radius 2 is 0.953 bits per heavy atom. The Morgan fingerprint density at radius 3 is 1.81 bits per heavy atom. The molecule has 0 atom stereocenters. The molecule has 0 saturated heterocycles. The zero-order chi connectivity index (χ0) is 51.0. The molecule has 8 aromatic carbocycles. The van der Waals surface area contributed by atoms with E-state index in [1.807, 2.05) is 0 Å². The van der Waals surface area contributed by atoms with Crippen LogP contribution >= 0.6 is 0 Å². The van der Waals surface area contributed by atoms with Gasteiger partial charge in [-0.25, -0.2) is 0 Å². The molecule has 1 aromatic heterocycles. The maximum Gasteiger partial charge on any atom is 0.135 e. The molecule has 1 heteroatoms. The highest BCUT2D eigenvalue weighted by molar-refractivity contribution is 6.24. The van der Waals surface area contributed by atoms with Crippen LogP contribution < -0.4 is 0 Å². The molecule has 0 bridgehead atoms. The van der Waals surface area contributed by atoms with Gasteiger partial charge in [0, 0.05) is 10.8 Å². The van der Waals surface area contributed by atoms with E-state index in [-0.39, 0.29) is 0 Å². The Bertz CT molecular complexity index is 3930. The van der Waals surface area contributed by atoms with E-state index in [0.717, 1.165) is 0 Å². The highest BCUT2D eigenvalue weighted by Gasteiger charge is 2.19. The lowest BCUT2D eigenvalue weighted by molar-refractivity contribution is 0.669. The zero-order valence-corrected chi connectivity index (χ0v) is 21.4. The highest BCUT2D eigenvalue weighted by atomic mass is 16.3. The van der Waals surface area contributed by atoms with Crippen LogP contribution in [0.3, 0.4) is 0 Å². The Kier molecular flexibility index (Phi) is 2.13. The van der Waals surface area contributed by atoms with Crippen molar-refractivity contribution in [3.63, 3.8) is 0 Å². The van der Waals surface area contributed by atoms with Crippen molar-refractivity contribution < 1.29 is 40.1 Å². The summed E-state index contributed by atoms with van der Waals surface area (Å²) in [5.41, 5.74) is -5.85. The summed E-state index contributed by atoms with van der Waals surface area (Å²) in [5.74, 6) is 0. The van der Waals surface area contributed by atoms with Gasteiger partial charge in [0.1, 0.15) is 11.2 Å². The molecule has 0 spiro atoms. The second-order valence-electron chi connectivity index (χ2n) is 9.26. The summed E-state index contributed by atoms with van der Waals surface area (Å²) >= 11 is 0. The molecule has 0 N–H and O–H groups in total. The molecule has 1 nitrogen and oxygen atoms in total. The standard InChI is InChI=1S/C42H26O/c1-2-11-27(12-3-1)29-21-23-36-38(25-29)41(30-22-24-40-37(26-30)32-16-8-9-20-39(32)43-40)34-17-6-7-18-35(34)42(36)33-19-10-14-28-13-4-5-15-31(28)33/h1-26H/i1D,2D,3D,4D,5D,6D,7D,8D,9D,10D,11D,12D,13D,14D,15D,16D,17D,18D,19D,20D,21D,22D,23D,24D,25D,26D. The quantitative estimate of drug-likeness (QED) is 0.192. The van der Waals surface area contributed by atoms with Crippen LogP contribution in [0.25, 0.3) is 87.6 Å². The lowest BCUT2D eigenvalue weighted by Crippen LogP contribution is -1.92. The fraction of sp³-hybridized carbons (Fsp3) is 0. The van der Waals surface area contributed by atoms with Crippen LogP contribution in [0.4, 0.5) is 0 Å². The Hall–Kier alpha value is -5.66. The highest BCUT2D eigenvalue weighted by Crippen LogP contribution is 2.47. The number of benzene rings is 8. The number of furan rings is 1. The van der Waals surface area contributed by atoms with Crippen LogP contribution in [-0.4, -0.2) is 0 Å². The topological polar surface area (TPSA) is 13.1 Å². The summed E-state index contributed by atoms with van der Waals surface area (Å²) in [6.07, 6.45) is 0. The first-order valence-electron chi connectivity index (χ1n) is 25.7. The maximum absolute atomic E-state index is 10.00. The third kappa shape index (κ3) is 3.72. The van der Waals surface area contributed by atoms with Crippen LogP contribution in [-0.2, 0) is 0 Å². The van der Waals surface area contributed by atoms with Gasteiger partial charge in [-0.15, -0.1) is 0 Å². The van der Waals surface area contributed by atoms with Crippen molar-refractivity contribution in [2.45, 2.75) is 0 Å². The molecule has 0 amide bonds. The summed E-state index contributed by atoms with van der Waals surface area (Å²) in [6.45, 7) is 0. The number of fused-ring (bicyclic) bond motifs is 6. The van der Waals surface area contributed by atoms with E-state index in [4.69, 9.17) is 27.7 Å². The molecule has 0 unspecified atom stereocenters. The summed E-state index contributed by atoms with van der Waals surface area (Å²) < 4.78 is 239. The van der Waals surface area contributed by atoms with Crippen LogP contribution in [0.15, 0.2) is 162 Å². The number of para-hydroxylation sites is 1. The minimum Gasteiger partial charge on any atom is -0.456 e. The van der Waals surface area contributed by atoms with Gasteiger partial charge in [-0.05, 0) is 89.9 Å².